The fourth-order valence-corrected chi connectivity index (χ4v) is 2.39. The van der Waals surface area contributed by atoms with Crippen LogP contribution in [-0.4, -0.2) is 21.5 Å². The Morgan fingerprint density at radius 2 is 2.00 bits per heavy atom. The monoisotopic (exact) mass is 317 g/mol. The van der Waals surface area contributed by atoms with Crippen molar-refractivity contribution in [3.8, 4) is 5.75 Å². The number of methoxy groups -OCH3 is 1. The van der Waals surface area contributed by atoms with Gasteiger partial charge in [0.1, 0.15) is 10.4 Å². The summed E-state index contributed by atoms with van der Waals surface area (Å²) >= 11 is 3.46. The molecule has 3 aromatic rings. The van der Waals surface area contributed by atoms with Crippen molar-refractivity contribution in [2.45, 2.75) is 6.42 Å². The van der Waals surface area contributed by atoms with Gasteiger partial charge in [-0.3, -0.25) is 9.38 Å². The number of benzene rings is 1. The summed E-state index contributed by atoms with van der Waals surface area (Å²) in [6.07, 6.45) is 6.24. The topological polar surface area (TPSA) is 39.4 Å². The van der Waals surface area contributed by atoms with Gasteiger partial charge < -0.3 is 4.74 Å². The maximum Gasteiger partial charge on any atom is 0.159 e. The molecule has 2 aromatic heterocycles. The summed E-state index contributed by atoms with van der Waals surface area (Å²) < 4.78 is 8.03. The predicted molar refractivity (Wildman–Crippen MR) is 76.5 cm³/mol. The average Bonchev–Trinajstić information content (AvgIpc) is 2.93. The fraction of sp³-hybridized carbons (Fsp3) is 0.143. The number of fused-ring (bicyclic) bond motifs is 1. The third-order valence-corrected chi connectivity index (χ3v) is 3.57. The molecule has 0 aliphatic rings. The Morgan fingerprint density at radius 1 is 1.21 bits per heavy atom. The van der Waals surface area contributed by atoms with Crippen LogP contribution in [0, 0.1) is 0 Å². The van der Waals surface area contributed by atoms with E-state index in [4.69, 9.17) is 4.74 Å². The third kappa shape index (κ3) is 2.33. The number of hydrogen-bond donors (Lipinski definition) is 0. The lowest BCUT2D eigenvalue weighted by Gasteiger charge is -2.06. The molecule has 0 atom stereocenters. The van der Waals surface area contributed by atoms with E-state index in [0.717, 1.165) is 28.1 Å². The molecule has 19 heavy (non-hydrogen) atoms. The number of aromatic nitrogens is 3. The first kappa shape index (κ1) is 12.2. The Balaban J connectivity index is 1.96. The van der Waals surface area contributed by atoms with Gasteiger partial charge >= 0.3 is 0 Å². The summed E-state index contributed by atoms with van der Waals surface area (Å²) in [5.41, 5.74) is 3.02. The van der Waals surface area contributed by atoms with Crippen molar-refractivity contribution >= 4 is 21.6 Å². The van der Waals surface area contributed by atoms with Gasteiger partial charge in [0.05, 0.1) is 19.0 Å². The number of imidazole rings is 1. The zero-order valence-corrected chi connectivity index (χ0v) is 12.0. The minimum Gasteiger partial charge on any atom is -0.497 e. The molecule has 0 bridgehead atoms. The van der Waals surface area contributed by atoms with Crippen LogP contribution in [0.3, 0.4) is 0 Å². The number of halogens is 1. The van der Waals surface area contributed by atoms with Crippen LogP contribution in [0.1, 0.15) is 11.3 Å². The second-order valence-electron chi connectivity index (χ2n) is 4.17. The molecule has 0 N–H and O–H groups in total. The summed E-state index contributed by atoms with van der Waals surface area (Å²) in [6, 6.07) is 8.00. The van der Waals surface area contributed by atoms with Gasteiger partial charge in [0.2, 0.25) is 0 Å². The van der Waals surface area contributed by atoms with E-state index in [1.807, 2.05) is 34.9 Å². The van der Waals surface area contributed by atoms with Crippen molar-refractivity contribution in [3.63, 3.8) is 0 Å². The van der Waals surface area contributed by atoms with Crippen LogP contribution in [0.5, 0.6) is 5.75 Å². The molecule has 96 valence electrons. The highest BCUT2D eigenvalue weighted by atomic mass is 79.9. The molecule has 0 unspecified atom stereocenters. The van der Waals surface area contributed by atoms with E-state index in [2.05, 4.69) is 25.9 Å². The number of rotatable bonds is 3. The Morgan fingerprint density at radius 3 is 2.74 bits per heavy atom. The van der Waals surface area contributed by atoms with Gasteiger partial charge in [0.25, 0.3) is 0 Å². The number of nitrogens with zero attached hydrogens (tertiary/aromatic N) is 3. The molecule has 2 heterocycles. The molecule has 3 rings (SSSR count). The first-order chi connectivity index (χ1) is 9.28. The first-order valence-corrected chi connectivity index (χ1v) is 6.66. The van der Waals surface area contributed by atoms with Gasteiger partial charge in [-0.15, -0.1) is 0 Å². The fourth-order valence-electron chi connectivity index (χ4n) is 2.00. The first-order valence-electron chi connectivity index (χ1n) is 5.87. The lowest BCUT2D eigenvalue weighted by molar-refractivity contribution is 0.414. The van der Waals surface area contributed by atoms with Crippen molar-refractivity contribution in [1.82, 2.24) is 14.4 Å². The molecular formula is C14H12BrN3O. The van der Waals surface area contributed by atoms with E-state index in [0.29, 0.717) is 0 Å². The minimum atomic E-state index is 0.748. The lowest BCUT2D eigenvalue weighted by Crippen LogP contribution is -1.99. The molecule has 4 nitrogen and oxygen atoms in total. The highest BCUT2D eigenvalue weighted by Gasteiger charge is 2.07. The molecule has 0 amide bonds. The van der Waals surface area contributed by atoms with Crippen molar-refractivity contribution in [1.29, 1.82) is 0 Å². The van der Waals surface area contributed by atoms with Gasteiger partial charge in [-0.05, 0) is 33.6 Å². The van der Waals surface area contributed by atoms with Crippen LogP contribution >= 0.6 is 15.9 Å². The molecule has 0 saturated carbocycles. The second-order valence-corrected chi connectivity index (χ2v) is 4.99. The number of hydrogen-bond acceptors (Lipinski definition) is 3. The van der Waals surface area contributed by atoms with Crippen LogP contribution in [0.15, 0.2) is 47.5 Å². The SMILES string of the molecule is COc1ccc(Cc2ncc(Br)n3ccnc23)cc1. The van der Waals surface area contributed by atoms with E-state index in [1.165, 1.54) is 5.56 Å². The molecule has 0 saturated heterocycles. The van der Waals surface area contributed by atoms with Crippen LogP contribution in [0.25, 0.3) is 5.65 Å². The van der Waals surface area contributed by atoms with Crippen molar-refractivity contribution in [2.75, 3.05) is 7.11 Å². The normalized spacial score (nSPS) is 10.8. The van der Waals surface area contributed by atoms with E-state index in [1.54, 1.807) is 19.5 Å². The molecule has 0 fully saturated rings. The van der Waals surface area contributed by atoms with E-state index in [9.17, 15) is 0 Å². The van der Waals surface area contributed by atoms with E-state index < -0.39 is 0 Å². The summed E-state index contributed by atoms with van der Waals surface area (Å²) in [5, 5.41) is 0. The van der Waals surface area contributed by atoms with Gasteiger partial charge in [-0.1, -0.05) is 12.1 Å². The molecule has 0 aliphatic heterocycles. The highest BCUT2D eigenvalue weighted by molar-refractivity contribution is 9.10. The largest absolute Gasteiger partial charge is 0.497 e. The van der Waals surface area contributed by atoms with Gasteiger partial charge in [0, 0.05) is 18.8 Å². The molecule has 5 heteroatoms. The van der Waals surface area contributed by atoms with Crippen LogP contribution in [0.2, 0.25) is 0 Å². The highest BCUT2D eigenvalue weighted by Crippen LogP contribution is 2.18. The van der Waals surface area contributed by atoms with Crippen molar-refractivity contribution < 1.29 is 4.74 Å². The maximum absolute atomic E-state index is 5.15. The van der Waals surface area contributed by atoms with E-state index >= 15 is 0 Å². The van der Waals surface area contributed by atoms with E-state index in [-0.39, 0.29) is 0 Å². The summed E-state index contributed by atoms with van der Waals surface area (Å²) in [5.74, 6) is 0.860. The standard InChI is InChI=1S/C14H12BrN3O/c1-19-11-4-2-10(3-5-11)8-12-14-16-6-7-18(14)13(15)9-17-12/h2-7,9H,8H2,1H3. The predicted octanol–water partition coefficient (Wildman–Crippen LogP) is 3.09. The molecule has 0 aliphatic carbocycles. The Labute approximate surface area is 119 Å². The minimum absolute atomic E-state index is 0.748. The molecule has 0 radical (unpaired) electrons. The van der Waals surface area contributed by atoms with Gasteiger partial charge in [0.15, 0.2) is 5.65 Å². The Kier molecular flexibility index (Phi) is 3.21. The molecular weight excluding hydrogens is 306 g/mol. The molecule has 0 spiro atoms. The quantitative estimate of drug-likeness (QED) is 0.745. The zero-order chi connectivity index (χ0) is 13.2. The van der Waals surface area contributed by atoms with Gasteiger partial charge in [-0.2, -0.15) is 0 Å². The number of ether oxygens (including phenoxy) is 1. The van der Waals surface area contributed by atoms with Crippen molar-refractivity contribution in [3.05, 3.63) is 58.7 Å². The summed E-state index contributed by atoms with van der Waals surface area (Å²) in [7, 11) is 1.67. The van der Waals surface area contributed by atoms with Crippen LogP contribution in [-0.2, 0) is 6.42 Å². The summed E-state index contributed by atoms with van der Waals surface area (Å²) in [6.45, 7) is 0. The Hall–Kier alpha value is -1.88. The van der Waals surface area contributed by atoms with Gasteiger partial charge in [-0.25, -0.2) is 4.98 Å². The van der Waals surface area contributed by atoms with Crippen LogP contribution in [0.4, 0.5) is 0 Å². The Bertz CT molecular complexity index is 706. The molecule has 1 aromatic carbocycles. The van der Waals surface area contributed by atoms with Crippen molar-refractivity contribution in [2.24, 2.45) is 0 Å². The van der Waals surface area contributed by atoms with Crippen LogP contribution < -0.4 is 4.74 Å². The lowest BCUT2D eigenvalue weighted by atomic mass is 10.1. The second kappa shape index (κ2) is 5.01. The smallest absolute Gasteiger partial charge is 0.159 e. The maximum atomic E-state index is 5.15. The zero-order valence-electron chi connectivity index (χ0n) is 10.4. The summed E-state index contributed by atoms with van der Waals surface area (Å²) in [4.78, 5) is 8.81. The third-order valence-electron chi connectivity index (χ3n) is 2.99. The average molecular weight is 318 g/mol.